The van der Waals surface area contributed by atoms with E-state index in [2.05, 4.69) is 65.3 Å². The summed E-state index contributed by atoms with van der Waals surface area (Å²) in [5, 5.41) is 6.21. The molecule has 1 aromatic heterocycles. The fraction of sp³-hybridized carbons (Fsp3) is 0.393. The van der Waals surface area contributed by atoms with Gasteiger partial charge in [0.25, 0.3) is 5.91 Å². The van der Waals surface area contributed by atoms with E-state index in [0.29, 0.717) is 45.4 Å². The number of nitrogens with zero attached hydrogens (tertiary/aromatic N) is 3. The van der Waals surface area contributed by atoms with Gasteiger partial charge in [-0.2, -0.15) is 0 Å². The minimum atomic E-state index is -0.240. The number of hydrogen-bond donors (Lipinski definition) is 2. The molecule has 0 unspecified atom stereocenters. The molecule has 0 aliphatic rings. The van der Waals surface area contributed by atoms with Crippen molar-refractivity contribution in [2.75, 3.05) is 37.5 Å². The molecule has 9 heteroatoms. The molecule has 0 saturated carbocycles. The molecule has 0 saturated heterocycles. The minimum Gasteiger partial charge on any atom is -0.495 e. The summed E-state index contributed by atoms with van der Waals surface area (Å²) < 4.78 is 11.1. The van der Waals surface area contributed by atoms with Crippen LogP contribution in [0.1, 0.15) is 43.6 Å². The van der Waals surface area contributed by atoms with Crippen LogP contribution in [0.25, 0.3) is 0 Å². The number of amides is 1. The first-order valence-electron chi connectivity index (χ1n) is 12.4. The summed E-state index contributed by atoms with van der Waals surface area (Å²) in [6.45, 7) is 11.1. The van der Waals surface area contributed by atoms with Crippen LogP contribution in [0.3, 0.4) is 0 Å². The molecular weight excluding hydrogens is 490 g/mol. The van der Waals surface area contributed by atoms with E-state index in [4.69, 9.17) is 21.1 Å². The zero-order valence-electron chi connectivity index (χ0n) is 22.3. The van der Waals surface area contributed by atoms with Crippen LogP contribution in [0.15, 0.2) is 48.8 Å². The molecule has 2 N–H and O–H groups in total. The lowest BCUT2D eigenvalue weighted by molar-refractivity contribution is 0.0962. The molecule has 2 aromatic carbocycles. The predicted octanol–water partition coefficient (Wildman–Crippen LogP) is 5.94. The number of rotatable bonds is 12. The van der Waals surface area contributed by atoms with Gasteiger partial charge in [0.15, 0.2) is 5.75 Å². The van der Waals surface area contributed by atoms with E-state index >= 15 is 0 Å². The Bertz CT molecular complexity index is 1160. The summed E-state index contributed by atoms with van der Waals surface area (Å²) in [5.41, 5.74) is 3.15. The van der Waals surface area contributed by atoms with Crippen molar-refractivity contribution in [1.29, 1.82) is 0 Å². The maximum Gasteiger partial charge on any atom is 0.251 e. The van der Waals surface area contributed by atoms with Gasteiger partial charge in [-0.1, -0.05) is 39.3 Å². The van der Waals surface area contributed by atoms with Crippen LogP contribution in [-0.2, 0) is 6.61 Å². The molecule has 37 heavy (non-hydrogen) atoms. The number of carbonyl (C=O) groups is 1. The van der Waals surface area contributed by atoms with Gasteiger partial charge >= 0.3 is 0 Å². The molecule has 0 radical (unpaired) electrons. The molecule has 0 bridgehead atoms. The fourth-order valence-electron chi connectivity index (χ4n) is 3.85. The molecule has 198 valence electrons. The highest BCUT2D eigenvalue weighted by atomic mass is 35.5. The minimum absolute atomic E-state index is 0.126. The monoisotopic (exact) mass is 525 g/mol. The summed E-state index contributed by atoms with van der Waals surface area (Å²) in [5.74, 6) is 2.27. The van der Waals surface area contributed by atoms with Gasteiger partial charge in [-0.15, -0.1) is 0 Å². The molecule has 0 spiro atoms. The number of methoxy groups -OCH3 is 1. The first-order chi connectivity index (χ1) is 17.7. The van der Waals surface area contributed by atoms with Crippen molar-refractivity contribution in [2.24, 2.45) is 11.8 Å². The molecule has 1 amide bonds. The summed E-state index contributed by atoms with van der Waals surface area (Å²) in [7, 11) is 3.06. The molecule has 0 aliphatic heterocycles. The number of benzene rings is 2. The zero-order valence-corrected chi connectivity index (χ0v) is 23.1. The maximum absolute atomic E-state index is 12.1. The smallest absolute Gasteiger partial charge is 0.251 e. The molecule has 8 nitrogen and oxygen atoms in total. The van der Waals surface area contributed by atoms with Gasteiger partial charge in [0.05, 0.1) is 24.5 Å². The van der Waals surface area contributed by atoms with E-state index in [1.54, 1.807) is 31.6 Å². The summed E-state index contributed by atoms with van der Waals surface area (Å²) >= 11 is 6.41. The normalized spacial score (nSPS) is 10.9. The highest BCUT2D eigenvalue weighted by molar-refractivity contribution is 6.33. The third kappa shape index (κ3) is 7.98. The van der Waals surface area contributed by atoms with Gasteiger partial charge in [-0.25, -0.2) is 9.97 Å². The standard InChI is InChI=1S/C28H36ClN5O3/c1-18(2)15-34(16-19(3)4)23-9-7-22(8-10-23)33-28-31-13-24(14-32-28)37-17-21-11-20(27(35)30-5)12-25(36-6)26(21)29/h7-14,18-19H,15-17H2,1-6H3,(H,30,35)(H,31,32,33). The number of nitrogens with one attached hydrogen (secondary N) is 2. The number of carbonyl (C=O) groups excluding carboxylic acids is 1. The molecule has 0 aliphatic carbocycles. The van der Waals surface area contributed by atoms with E-state index in [1.807, 2.05) is 12.1 Å². The predicted molar refractivity (Wildman–Crippen MR) is 149 cm³/mol. The lowest BCUT2D eigenvalue weighted by Crippen LogP contribution is -2.31. The molecule has 0 fully saturated rings. The summed E-state index contributed by atoms with van der Waals surface area (Å²) in [6, 6.07) is 11.6. The van der Waals surface area contributed by atoms with Gasteiger partial charge in [0, 0.05) is 42.6 Å². The van der Waals surface area contributed by atoms with Crippen LogP contribution < -0.4 is 25.0 Å². The van der Waals surface area contributed by atoms with E-state index in [1.165, 1.54) is 12.8 Å². The molecule has 3 aromatic rings. The van der Waals surface area contributed by atoms with Crippen molar-refractivity contribution in [1.82, 2.24) is 15.3 Å². The van der Waals surface area contributed by atoms with Crippen molar-refractivity contribution in [3.8, 4) is 11.5 Å². The van der Waals surface area contributed by atoms with Crippen molar-refractivity contribution in [3.63, 3.8) is 0 Å². The van der Waals surface area contributed by atoms with Crippen LogP contribution >= 0.6 is 11.6 Å². The largest absolute Gasteiger partial charge is 0.495 e. The van der Waals surface area contributed by atoms with Crippen LogP contribution in [-0.4, -0.2) is 43.1 Å². The second-order valence-corrected chi connectivity index (χ2v) is 10.0. The molecule has 3 rings (SSSR count). The fourth-order valence-corrected chi connectivity index (χ4v) is 4.09. The van der Waals surface area contributed by atoms with Gasteiger partial charge < -0.3 is 25.0 Å². The average Bonchev–Trinajstić information content (AvgIpc) is 2.88. The summed E-state index contributed by atoms with van der Waals surface area (Å²) in [6.07, 6.45) is 3.18. The van der Waals surface area contributed by atoms with Gasteiger partial charge in [0.2, 0.25) is 5.95 Å². The number of hydrogen-bond acceptors (Lipinski definition) is 7. The third-order valence-corrected chi connectivity index (χ3v) is 5.93. The highest BCUT2D eigenvalue weighted by Gasteiger charge is 2.15. The Hall–Kier alpha value is -3.52. The maximum atomic E-state index is 12.1. The van der Waals surface area contributed by atoms with Gasteiger partial charge in [-0.3, -0.25) is 4.79 Å². The number of aromatic nitrogens is 2. The van der Waals surface area contributed by atoms with Crippen molar-refractivity contribution in [2.45, 2.75) is 34.3 Å². The molecule has 0 atom stereocenters. The Kier molecular flexibility index (Phi) is 9.97. The summed E-state index contributed by atoms with van der Waals surface area (Å²) in [4.78, 5) is 23.2. The number of ether oxygens (including phenoxy) is 2. The lowest BCUT2D eigenvalue weighted by atomic mass is 10.1. The third-order valence-electron chi connectivity index (χ3n) is 5.51. The van der Waals surface area contributed by atoms with Gasteiger partial charge in [-0.05, 0) is 48.2 Å². The lowest BCUT2D eigenvalue weighted by Gasteiger charge is -2.28. The Morgan fingerprint density at radius 1 is 1.03 bits per heavy atom. The van der Waals surface area contributed by atoms with E-state index in [0.717, 1.165) is 18.8 Å². The van der Waals surface area contributed by atoms with Crippen molar-refractivity contribution >= 4 is 34.8 Å². The van der Waals surface area contributed by atoms with Crippen LogP contribution in [0.4, 0.5) is 17.3 Å². The Morgan fingerprint density at radius 2 is 1.65 bits per heavy atom. The zero-order chi connectivity index (χ0) is 26.9. The van der Waals surface area contributed by atoms with E-state index in [9.17, 15) is 4.79 Å². The number of anilines is 3. The topological polar surface area (TPSA) is 88.6 Å². The highest BCUT2D eigenvalue weighted by Crippen LogP contribution is 2.31. The quantitative estimate of drug-likeness (QED) is 0.302. The first-order valence-corrected chi connectivity index (χ1v) is 12.7. The second-order valence-electron chi connectivity index (χ2n) is 9.63. The second kappa shape index (κ2) is 13.1. The van der Waals surface area contributed by atoms with Crippen molar-refractivity contribution in [3.05, 3.63) is 64.9 Å². The molecule has 1 heterocycles. The van der Waals surface area contributed by atoms with Crippen molar-refractivity contribution < 1.29 is 14.3 Å². The van der Waals surface area contributed by atoms with E-state index in [-0.39, 0.29) is 12.5 Å². The molecular formula is C28H36ClN5O3. The van der Waals surface area contributed by atoms with Crippen LogP contribution in [0.2, 0.25) is 5.02 Å². The van der Waals surface area contributed by atoms with Crippen LogP contribution in [0, 0.1) is 11.8 Å². The van der Waals surface area contributed by atoms with E-state index < -0.39 is 0 Å². The van der Waals surface area contributed by atoms with Crippen LogP contribution in [0.5, 0.6) is 11.5 Å². The number of halogens is 1. The Balaban J connectivity index is 1.64. The van der Waals surface area contributed by atoms with Gasteiger partial charge in [0.1, 0.15) is 12.4 Å². The SMILES string of the molecule is CNC(=O)c1cc(COc2cnc(Nc3ccc(N(CC(C)C)CC(C)C)cc3)nc2)c(Cl)c(OC)c1. The average molecular weight is 526 g/mol. The Labute approximate surface area is 224 Å². The first kappa shape index (κ1) is 28.1. The Morgan fingerprint density at radius 3 is 2.19 bits per heavy atom.